The van der Waals surface area contributed by atoms with Crippen molar-refractivity contribution in [2.75, 3.05) is 0 Å². The van der Waals surface area contributed by atoms with Gasteiger partial charge < -0.3 is 10.8 Å². The molecule has 32 heavy (non-hydrogen) atoms. The van der Waals surface area contributed by atoms with Gasteiger partial charge in [0.2, 0.25) is 0 Å². The van der Waals surface area contributed by atoms with Crippen LogP contribution in [0.3, 0.4) is 0 Å². The summed E-state index contributed by atoms with van der Waals surface area (Å²) < 4.78 is 27.0. The Kier molecular flexibility index (Phi) is 6.71. The summed E-state index contributed by atoms with van der Waals surface area (Å²) in [6.45, 7) is 3.72. The molecule has 1 radical (unpaired) electrons. The van der Waals surface area contributed by atoms with Crippen molar-refractivity contribution in [1.29, 1.82) is 0 Å². The number of rotatable bonds is 7. The summed E-state index contributed by atoms with van der Waals surface area (Å²) in [7, 11) is -4.70. The maximum atomic E-state index is 13.5. The molecule has 0 saturated carbocycles. The minimum atomic E-state index is -4.70. The van der Waals surface area contributed by atoms with E-state index in [-0.39, 0.29) is 21.2 Å². The molecule has 0 saturated heterocycles. The van der Waals surface area contributed by atoms with Gasteiger partial charge in [-0.3, -0.25) is 14.4 Å². The van der Waals surface area contributed by atoms with Gasteiger partial charge in [-0.2, -0.15) is 4.31 Å². The number of nitrogens with two attached hydrogens (primary N) is 1. The van der Waals surface area contributed by atoms with Gasteiger partial charge in [0.1, 0.15) is 0 Å². The van der Waals surface area contributed by atoms with Crippen LogP contribution < -0.4 is 5.73 Å². The molecule has 0 aliphatic heterocycles. The highest BCUT2D eigenvalue weighted by molar-refractivity contribution is 7.90. The van der Waals surface area contributed by atoms with E-state index in [0.29, 0.717) is 10.9 Å². The van der Waals surface area contributed by atoms with Gasteiger partial charge in [-0.05, 0) is 47.9 Å². The van der Waals surface area contributed by atoms with E-state index >= 15 is 0 Å². The number of carboxylic acids is 1. The van der Waals surface area contributed by atoms with Crippen LogP contribution >= 0.6 is 0 Å². The molecule has 0 bridgehead atoms. The average molecular weight is 453 g/mol. The van der Waals surface area contributed by atoms with E-state index in [4.69, 9.17) is 10.8 Å². The first kappa shape index (κ1) is 23.1. The molecular weight excluding hydrogens is 432 g/mol. The van der Waals surface area contributed by atoms with Crippen molar-refractivity contribution >= 4 is 38.6 Å². The largest absolute Gasteiger partial charge is 0.481 e. The number of fused-ring (bicyclic) bond motifs is 1. The second-order valence-corrected chi connectivity index (χ2v) is 8.82. The molecule has 0 aromatic heterocycles. The van der Waals surface area contributed by atoms with E-state index in [9.17, 15) is 22.8 Å². The Bertz CT molecular complexity index is 1300. The van der Waals surface area contributed by atoms with E-state index in [1.165, 1.54) is 24.3 Å². The Balaban J connectivity index is 2.16. The van der Waals surface area contributed by atoms with Crippen molar-refractivity contribution in [2.45, 2.75) is 23.8 Å². The molecule has 0 unspecified atom stereocenters. The lowest BCUT2D eigenvalue weighted by molar-refractivity contribution is -0.140. The molecule has 3 N–H and O–H groups in total. The van der Waals surface area contributed by atoms with Gasteiger partial charge >= 0.3 is 5.97 Å². The zero-order chi connectivity index (χ0) is 23.5. The summed E-state index contributed by atoms with van der Waals surface area (Å²) in [4.78, 5) is 37.1. The standard InChI is InChI=1S/C23H21N2O6S/c1-2-15-7-5-6-10-19(15)22(28)25(23(29)20(24)14-21(26)27)32(30,31)18-12-11-16-8-3-4-9-17(16)13-18/h3-13,20H,1-2,14,24H2,(H,26,27)/t20-/m0/s1. The summed E-state index contributed by atoms with van der Waals surface area (Å²) in [6, 6.07) is 15.6. The topological polar surface area (TPSA) is 135 Å². The van der Waals surface area contributed by atoms with Crippen molar-refractivity contribution in [3.8, 4) is 0 Å². The number of amides is 2. The average Bonchev–Trinajstić information content (AvgIpc) is 2.78. The number of hydrogen-bond donors (Lipinski definition) is 2. The molecule has 3 aromatic rings. The van der Waals surface area contributed by atoms with Crippen molar-refractivity contribution < 1.29 is 27.9 Å². The summed E-state index contributed by atoms with van der Waals surface area (Å²) in [6.07, 6.45) is -0.673. The lowest BCUT2D eigenvalue weighted by atomic mass is 10.0. The Hall–Kier alpha value is -3.56. The number of imide groups is 1. The lowest BCUT2D eigenvalue weighted by Gasteiger charge is -2.24. The second kappa shape index (κ2) is 9.29. The zero-order valence-corrected chi connectivity index (χ0v) is 17.8. The Morgan fingerprint density at radius 2 is 1.59 bits per heavy atom. The van der Waals surface area contributed by atoms with Crippen LogP contribution in [-0.4, -0.2) is 41.7 Å². The predicted molar refractivity (Wildman–Crippen MR) is 118 cm³/mol. The van der Waals surface area contributed by atoms with Gasteiger partial charge in [-0.15, -0.1) is 0 Å². The van der Waals surface area contributed by atoms with Crippen LogP contribution in [0.5, 0.6) is 0 Å². The number of hydrogen-bond acceptors (Lipinski definition) is 6. The quantitative estimate of drug-likeness (QED) is 0.561. The molecule has 0 heterocycles. The zero-order valence-electron chi connectivity index (χ0n) is 17.0. The van der Waals surface area contributed by atoms with Crippen LogP contribution in [0.2, 0.25) is 0 Å². The van der Waals surface area contributed by atoms with Crippen LogP contribution in [0.25, 0.3) is 10.8 Å². The summed E-state index contributed by atoms with van der Waals surface area (Å²) >= 11 is 0. The van der Waals surface area contributed by atoms with Gasteiger partial charge in [-0.1, -0.05) is 48.5 Å². The summed E-state index contributed by atoms with van der Waals surface area (Å²) in [5.74, 6) is -3.85. The number of carbonyl (C=O) groups is 3. The van der Waals surface area contributed by atoms with Crippen molar-refractivity contribution in [2.24, 2.45) is 5.73 Å². The maximum Gasteiger partial charge on any atom is 0.305 e. The van der Waals surface area contributed by atoms with Crippen LogP contribution in [0.4, 0.5) is 0 Å². The fourth-order valence-electron chi connectivity index (χ4n) is 3.24. The second-order valence-electron chi connectivity index (χ2n) is 7.03. The van der Waals surface area contributed by atoms with E-state index < -0.39 is 40.3 Å². The number of carboxylic acid groups (broad SMARTS) is 1. The SMILES string of the molecule is [CH2]Cc1ccccc1C(=O)N(C(=O)[C@@H](N)CC(=O)O)S(=O)(=O)c1ccc2ccccc2c1. The van der Waals surface area contributed by atoms with Crippen LogP contribution in [-0.2, 0) is 26.0 Å². The highest BCUT2D eigenvalue weighted by atomic mass is 32.2. The molecule has 2 amide bonds. The van der Waals surface area contributed by atoms with Gasteiger partial charge in [0.05, 0.1) is 17.4 Å². The normalized spacial score (nSPS) is 12.3. The Morgan fingerprint density at radius 3 is 2.25 bits per heavy atom. The first-order chi connectivity index (χ1) is 15.2. The van der Waals surface area contributed by atoms with E-state index in [1.807, 2.05) is 0 Å². The molecule has 0 aliphatic carbocycles. The van der Waals surface area contributed by atoms with Gasteiger partial charge in [0, 0.05) is 5.56 Å². The maximum absolute atomic E-state index is 13.5. The summed E-state index contributed by atoms with van der Waals surface area (Å²) in [5, 5.41) is 10.3. The number of nitrogens with zero attached hydrogens (tertiary/aromatic N) is 1. The number of benzene rings is 3. The molecule has 165 valence electrons. The van der Waals surface area contributed by atoms with Gasteiger partial charge in [0.25, 0.3) is 21.8 Å². The molecule has 0 aliphatic rings. The van der Waals surface area contributed by atoms with E-state index in [0.717, 1.165) is 5.39 Å². The van der Waals surface area contributed by atoms with Gasteiger partial charge in [-0.25, -0.2) is 8.42 Å². The molecule has 0 fully saturated rings. The Labute approximate surface area is 185 Å². The first-order valence-corrected chi connectivity index (χ1v) is 11.1. The third-order valence-corrected chi connectivity index (χ3v) is 6.55. The third-order valence-electron chi connectivity index (χ3n) is 4.87. The first-order valence-electron chi connectivity index (χ1n) is 9.63. The van der Waals surface area contributed by atoms with Crippen LogP contribution in [0.1, 0.15) is 22.3 Å². The molecule has 8 nitrogen and oxygen atoms in total. The monoisotopic (exact) mass is 453 g/mol. The summed E-state index contributed by atoms with van der Waals surface area (Å²) in [5.41, 5.74) is 6.06. The van der Waals surface area contributed by atoms with Crippen molar-refractivity contribution in [1.82, 2.24) is 4.31 Å². The molecule has 3 rings (SSSR count). The number of aliphatic carboxylic acids is 1. The van der Waals surface area contributed by atoms with Crippen LogP contribution in [0, 0.1) is 6.92 Å². The van der Waals surface area contributed by atoms with Crippen LogP contribution in [0.15, 0.2) is 71.6 Å². The molecule has 1 atom stereocenters. The lowest BCUT2D eigenvalue weighted by Crippen LogP contribution is -2.50. The third kappa shape index (κ3) is 4.53. The highest BCUT2D eigenvalue weighted by Crippen LogP contribution is 2.25. The molecule has 0 spiro atoms. The minimum absolute atomic E-state index is 0.0391. The number of carbonyl (C=O) groups excluding carboxylic acids is 2. The fraction of sp³-hybridized carbons (Fsp3) is 0.130. The molecule has 3 aromatic carbocycles. The smallest absolute Gasteiger partial charge is 0.305 e. The van der Waals surface area contributed by atoms with Gasteiger partial charge in [0.15, 0.2) is 0 Å². The Morgan fingerprint density at radius 1 is 0.969 bits per heavy atom. The van der Waals surface area contributed by atoms with Crippen molar-refractivity contribution in [3.05, 3.63) is 84.8 Å². The molecule has 9 heteroatoms. The fourth-order valence-corrected chi connectivity index (χ4v) is 4.66. The number of sulfonamides is 1. The highest BCUT2D eigenvalue weighted by Gasteiger charge is 2.39. The van der Waals surface area contributed by atoms with E-state index in [1.54, 1.807) is 42.5 Å². The molecular formula is C23H21N2O6S. The predicted octanol–water partition coefficient (Wildman–Crippen LogP) is 2.38. The van der Waals surface area contributed by atoms with Crippen molar-refractivity contribution in [3.63, 3.8) is 0 Å². The minimum Gasteiger partial charge on any atom is -0.481 e. The van der Waals surface area contributed by atoms with E-state index in [2.05, 4.69) is 6.92 Å².